The Morgan fingerprint density at radius 1 is 1.30 bits per heavy atom. The van der Waals surface area contributed by atoms with Crippen LogP contribution in [0, 0.1) is 0 Å². The fourth-order valence-corrected chi connectivity index (χ4v) is 5.61. The monoisotopic (exact) mass is 521 g/mol. The number of carbonyl (C=O) groups is 1. The third-order valence-corrected chi connectivity index (χ3v) is 7.79. The molecule has 11 nitrogen and oxygen atoms in total. The molecule has 1 aliphatic carbocycles. The molecule has 6 rings (SSSR count). The van der Waals surface area contributed by atoms with Gasteiger partial charge < -0.3 is 19.7 Å². The molecule has 1 unspecified atom stereocenters. The number of nitrogens with one attached hydrogen (secondary N) is 2. The first-order chi connectivity index (χ1) is 18.0. The fraction of sp³-hybridized carbons (Fsp3) is 0.400. The van der Waals surface area contributed by atoms with E-state index in [9.17, 15) is 14.7 Å². The second kappa shape index (κ2) is 9.60. The number of nitrogens with zero attached hydrogens (tertiary/aromatic N) is 5. The number of thiophene rings is 1. The molecule has 4 aromatic heterocycles. The summed E-state index contributed by atoms with van der Waals surface area (Å²) < 4.78 is 7.02. The number of aromatic amines is 2. The molecule has 2 aliphatic rings. The topological polar surface area (TPSA) is 141 Å². The summed E-state index contributed by atoms with van der Waals surface area (Å²) in [5.41, 5.74) is 1.63. The highest BCUT2D eigenvalue weighted by Crippen LogP contribution is 2.29. The maximum absolute atomic E-state index is 13.4. The minimum absolute atomic E-state index is 0.0206. The van der Waals surface area contributed by atoms with Crippen molar-refractivity contribution in [3.63, 3.8) is 0 Å². The Kier molecular flexibility index (Phi) is 6.13. The minimum atomic E-state index is -0.504. The largest absolute Gasteiger partial charge is 0.493 e. The molecule has 192 valence electrons. The molecule has 1 saturated carbocycles. The summed E-state index contributed by atoms with van der Waals surface area (Å²) in [7, 11) is 1.67. The quantitative estimate of drug-likeness (QED) is 0.351. The van der Waals surface area contributed by atoms with E-state index in [1.165, 1.54) is 11.3 Å². The summed E-state index contributed by atoms with van der Waals surface area (Å²) in [6.45, 7) is 1.27. The lowest BCUT2D eigenvalue weighted by atomic mass is 10.0. The molecule has 1 aliphatic heterocycles. The van der Waals surface area contributed by atoms with Gasteiger partial charge >= 0.3 is 5.69 Å². The molecule has 1 amide bonds. The number of ether oxygens (including phenoxy) is 1. The molecule has 1 saturated heterocycles. The maximum Gasteiger partial charge on any atom is 0.326 e. The average Bonchev–Trinajstić information content (AvgIpc) is 3.26. The molecule has 0 bridgehead atoms. The van der Waals surface area contributed by atoms with E-state index in [2.05, 4.69) is 15.1 Å². The van der Waals surface area contributed by atoms with E-state index in [-0.39, 0.29) is 29.6 Å². The molecule has 12 heteroatoms. The summed E-state index contributed by atoms with van der Waals surface area (Å²) in [5.74, 6) is -0.235. The Labute approximate surface area is 215 Å². The standard InChI is InChI=1S/C25H27N7O4S/c1-36-13-16-4-2-3-9-31(16)24(34)20-8-7-19(37-20)17-11-21(27-15-5-6-15)32-22(28-17)14(12-26-32)10-18-23(33)30-25(35)29-18/h7-8,10-12,15-16,33H,2-6,9,13H2,1H3,(H2,29,30,35)/b14-10+,27-21?. The number of hydrogen-bond donors (Lipinski definition) is 3. The van der Waals surface area contributed by atoms with Gasteiger partial charge in [-0.15, -0.1) is 11.3 Å². The number of fused-ring (bicyclic) bond motifs is 1. The Hall–Kier alpha value is -3.77. The Bertz CT molecular complexity index is 1640. The lowest BCUT2D eigenvalue weighted by Gasteiger charge is -2.35. The van der Waals surface area contributed by atoms with Crippen LogP contribution in [0.3, 0.4) is 0 Å². The van der Waals surface area contributed by atoms with Crippen molar-refractivity contribution in [2.75, 3.05) is 20.3 Å². The third kappa shape index (κ3) is 4.69. The Morgan fingerprint density at radius 3 is 2.92 bits per heavy atom. The van der Waals surface area contributed by atoms with Crippen molar-refractivity contribution in [3.8, 4) is 16.5 Å². The fourth-order valence-electron chi connectivity index (χ4n) is 4.69. The number of amides is 1. The van der Waals surface area contributed by atoms with Crippen LogP contribution in [0.4, 0.5) is 0 Å². The zero-order chi connectivity index (χ0) is 25.5. The summed E-state index contributed by atoms with van der Waals surface area (Å²) in [5, 5.41) is 15.1. The van der Waals surface area contributed by atoms with Crippen molar-refractivity contribution in [1.29, 1.82) is 0 Å². The van der Waals surface area contributed by atoms with Crippen LogP contribution in [0.15, 0.2) is 34.2 Å². The SMILES string of the molecule is COCC1CCCCN1C(=O)c1ccc(-c2cc(=NC3CC3)n3nc/c(=C\c4[nH]c(=O)[nH]c4O)c3n2)s1. The first kappa shape index (κ1) is 23.6. The number of rotatable bonds is 6. The normalized spacial score (nSPS) is 19.3. The van der Waals surface area contributed by atoms with Gasteiger partial charge in [-0.3, -0.25) is 14.8 Å². The van der Waals surface area contributed by atoms with Crippen molar-refractivity contribution in [3.05, 3.63) is 56.2 Å². The zero-order valence-electron chi connectivity index (χ0n) is 20.3. The van der Waals surface area contributed by atoms with Crippen molar-refractivity contribution < 1.29 is 14.6 Å². The number of hydrogen-bond acceptors (Lipinski definition) is 8. The lowest BCUT2D eigenvalue weighted by molar-refractivity contribution is 0.0432. The van der Waals surface area contributed by atoms with E-state index >= 15 is 0 Å². The number of carbonyl (C=O) groups excluding carboxylic acids is 1. The highest BCUT2D eigenvalue weighted by atomic mass is 32.1. The number of methoxy groups -OCH3 is 1. The van der Waals surface area contributed by atoms with Gasteiger partial charge in [-0.05, 0) is 50.3 Å². The van der Waals surface area contributed by atoms with Crippen LogP contribution in [-0.2, 0) is 4.74 Å². The minimum Gasteiger partial charge on any atom is -0.493 e. The molecular formula is C25H27N7O4S. The lowest BCUT2D eigenvalue weighted by Crippen LogP contribution is -2.45. The van der Waals surface area contributed by atoms with Crippen molar-refractivity contribution in [2.24, 2.45) is 4.99 Å². The van der Waals surface area contributed by atoms with E-state index in [0.717, 1.165) is 43.5 Å². The summed E-state index contributed by atoms with van der Waals surface area (Å²) in [6.07, 6.45) is 8.36. The van der Waals surface area contributed by atoms with E-state index in [1.54, 1.807) is 23.9 Å². The molecular weight excluding hydrogens is 494 g/mol. The smallest absolute Gasteiger partial charge is 0.326 e. The van der Waals surface area contributed by atoms with Crippen LogP contribution in [0.2, 0.25) is 0 Å². The van der Waals surface area contributed by atoms with Gasteiger partial charge in [0.05, 0.1) is 40.3 Å². The molecule has 0 aromatic carbocycles. The van der Waals surface area contributed by atoms with Gasteiger partial charge in [0, 0.05) is 24.9 Å². The van der Waals surface area contributed by atoms with Crippen LogP contribution in [-0.4, -0.2) is 72.8 Å². The predicted molar refractivity (Wildman–Crippen MR) is 137 cm³/mol. The van der Waals surface area contributed by atoms with Gasteiger partial charge in [0.25, 0.3) is 5.91 Å². The Balaban J connectivity index is 1.41. The van der Waals surface area contributed by atoms with Crippen molar-refractivity contribution in [2.45, 2.75) is 44.2 Å². The van der Waals surface area contributed by atoms with Crippen molar-refractivity contribution >= 4 is 29.0 Å². The van der Waals surface area contributed by atoms with E-state index in [4.69, 9.17) is 14.7 Å². The average molecular weight is 522 g/mol. The van der Waals surface area contributed by atoms with Gasteiger partial charge in [0.15, 0.2) is 11.1 Å². The first-order valence-electron chi connectivity index (χ1n) is 12.4. The number of aromatic nitrogens is 5. The molecule has 5 heterocycles. The second-order valence-electron chi connectivity index (χ2n) is 9.45. The van der Waals surface area contributed by atoms with Crippen LogP contribution in [0.1, 0.15) is 47.5 Å². The van der Waals surface area contributed by atoms with E-state index in [1.807, 2.05) is 23.1 Å². The highest BCUT2D eigenvalue weighted by Gasteiger charge is 2.28. The second-order valence-corrected chi connectivity index (χ2v) is 10.5. The van der Waals surface area contributed by atoms with Gasteiger partial charge in [0.1, 0.15) is 5.69 Å². The van der Waals surface area contributed by atoms with Gasteiger partial charge in [-0.1, -0.05) is 0 Å². The molecule has 37 heavy (non-hydrogen) atoms. The summed E-state index contributed by atoms with van der Waals surface area (Å²) >= 11 is 1.41. The molecule has 0 spiro atoms. The van der Waals surface area contributed by atoms with Crippen molar-refractivity contribution in [1.82, 2.24) is 29.5 Å². The summed E-state index contributed by atoms with van der Waals surface area (Å²) in [4.78, 5) is 42.9. The molecule has 2 fully saturated rings. The molecule has 0 radical (unpaired) electrons. The van der Waals surface area contributed by atoms with Gasteiger partial charge in [0.2, 0.25) is 5.88 Å². The number of H-pyrrole nitrogens is 2. The Morgan fingerprint density at radius 2 is 2.16 bits per heavy atom. The zero-order valence-corrected chi connectivity index (χ0v) is 21.1. The predicted octanol–water partition coefficient (Wildman–Crippen LogP) is 1.43. The summed E-state index contributed by atoms with van der Waals surface area (Å²) in [6, 6.07) is 6.03. The maximum atomic E-state index is 13.4. The number of aromatic hydroxyl groups is 1. The van der Waals surface area contributed by atoms with E-state index in [0.29, 0.717) is 33.5 Å². The number of likely N-dealkylation sites (tertiary alicyclic amines) is 1. The van der Waals surface area contributed by atoms with E-state index < -0.39 is 5.69 Å². The number of piperidine rings is 1. The van der Waals surface area contributed by atoms with Crippen LogP contribution < -0.4 is 16.4 Å². The molecule has 4 aromatic rings. The van der Waals surface area contributed by atoms with Crippen LogP contribution >= 0.6 is 11.3 Å². The highest BCUT2D eigenvalue weighted by molar-refractivity contribution is 7.17. The molecule has 1 atom stereocenters. The van der Waals surface area contributed by atoms with Gasteiger partial charge in [-0.25, -0.2) is 9.78 Å². The van der Waals surface area contributed by atoms with Crippen LogP contribution in [0.25, 0.3) is 22.3 Å². The number of imidazole rings is 1. The molecule has 3 N–H and O–H groups in total. The van der Waals surface area contributed by atoms with Crippen LogP contribution in [0.5, 0.6) is 5.88 Å². The first-order valence-corrected chi connectivity index (χ1v) is 13.2. The van der Waals surface area contributed by atoms with Gasteiger partial charge in [-0.2, -0.15) is 9.61 Å². The third-order valence-electron chi connectivity index (χ3n) is 6.69.